The van der Waals surface area contributed by atoms with Gasteiger partial charge in [0.1, 0.15) is 5.75 Å². The van der Waals surface area contributed by atoms with Crippen molar-refractivity contribution < 1.29 is 19.0 Å². The molecule has 1 aromatic heterocycles. The van der Waals surface area contributed by atoms with Crippen molar-refractivity contribution in [2.45, 2.75) is 58.2 Å². The zero-order valence-electron chi connectivity index (χ0n) is 29.9. The lowest BCUT2D eigenvalue weighted by molar-refractivity contribution is -0.112. The molecule has 0 unspecified atom stereocenters. The van der Waals surface area contributed by atoms with Gasteiger partial charge in [-0.05, 0) is 111 Å². The predicted molar refractivity (Wildman–Crippen MR) is 203 cm³/mol. The zero-order valence-corrected chi connectivity index (χ0v) is 29.9. The number of nitrogens with one attached hydrogen (secondary N) is 1. The number of anilines is 2. The minimum absolute atomic E-state index is 0.0612. The van der Waals surface area contributed by atoms with Gasteiger partial charge < -0.3 is 29.0 Å². The van der Waals surface area contributed by atoms with Crippen LogP contribution in [0.25, 0.3) is 17.2 Å². The van der Waals surface area contributed by atoms with Crippen LogP contribution in [0.1, 0.15) is 55.8 Å². The summed E-state index contributed by atoms with van der Waals surface area (Å²) in [5, 5.41) is 3.18. The molecule has 50 heavy (non-hydrogen) atoms. The van der Waals surface area contributed by atoms with Gasteiger partial charge in [0.05, 0.1) is 13.2 Å². The van der Waals surface area contributed by atoms with E-state index >= 15 is 0 Å². The number of hydrogen-bond donors (Lipinski definition) is 1. The molecule has 2 fully saturated rings. The van der Waals surface area contributed by atoms with Crippen LogP contribution in [-0.4, -0.2) is 68.0 Å². The smallest absolute Gasteiger partial charge is 0.251 e. The monoisotopic (exact) mass is 676 g/mol. The van der Waals surface area contributed by atoms with Crippen molar-refractivity contribution in [2.75, 3.05) is 56.8 Å². The number of benzene rings is 3. The fourth-order valence-corrected chi connectivity index (χ4v) is 6.91. The topological polar surface area (TPSA) is 68.2 Å². The standard InChI is InChI=1S/C38H44N4O3.C4H8O/c1-4-45-37-10-6-5-9-35(37)29-13-16-36-31(24-29)25-30(17-21-42(36)27-34-8-7-20-40(34)2)38(43)39-32-14-11-28(12-15-32)26-41(3)33-18-22-44-23-19-33;1-2-4-5-3-1/h5-16,20,24-25,33H,4,17-19,21-23,26-27H2,1-3H3,(H,39,43);1-4H2. The van der Waals surface area contributed by atoms with Crippen molar-refractivity contribution in [3.05, 3.63) is 107 Å². The molecule has 264 valence electrons. The highest BCUT2D eigenvalue weighted by molar-refractivity contribution is 6.07. The number of aryl methyl sites for hydroxylation is 1. The highest BCUT2D eigenvalue weighted by atomic mass is 16.5. The molecule has 0 aliphatic carbocycles. The summed E-state index contributed by atoms with van der Waals surface area (Å²) in [6.45, 7) is 8.67. The Morgan fingerprint density at radius 2 is 1.70 bits per heavy atom. The van der Waals surface area contributed by atoms with Crippen LogP contribution in [0.5, 0.6) is 5.75 Å². The minimum atomic E-state index is -0.0612. The molecule has 7 rings (SSSR count). The Morgan fingerprint density at radius 3 is 2.40 bits per heavy atom. The number of aromatic nitrogens is 1. The van der Waals surface area contributed by atoms with Crippen LogP contribution in [0.4, 0.5) is 11.4 Å². The first-order valence-corrected chi connectivity index (χ1v) is 18.2. The number of amides is 1. The highest BCUT2D eigenvalue weighted by Crippen LogP contribution is 2.36. The second kappa shape index (κ2) is 17.5. The average molecular weight is 677 g/mol. The van der Waals surface area contributed by atoms with Crippen LogP contribution < -0.4 is 15.0 Å². The molecular formula is C42H52N4O4. The number of ether oxygens (including phenoxy) is 3. The van der Waals surface area contributed by atoms with E-state index in [1.165, 1.54) is 24.1 Å². The Balaban J connectivity index is 0.000000794. The van der Waals surface area contributed by atoms with E-state index in [0.29, 0.717) is 19.1 Å². The second-order valence-electron chi connectivity index (χ2n) is 13.4. The maximum absolute atomic E-state index is 13.7. The van der Waals surface area contributed by atoms with Gasteiger partial charge in [0.25, 0.3) is 5.91 Å². The summed E-state index contributed by atoms with van der Waals surface area (Å²) in [6.07, 6.45) is 9.49. The lowest BCUT2D eigenvalue weighted by Gasteiger charge is -2.31. The van der Waals surface area contributed by atoms with Crippen molar-refractivity contribution in [3.8, 4) is 16.9 Å². The van der Waals surface area contributed by atoms with E-state index in [2.05, 4.69) is 94.6 Å². The minimum Gasteiger partial charge on any atom is -0.493 e. The molecular weight excluding hydrogens is 624 g/mol. The predicted octanol–water partition coefficient (Wildman–Crippen LogP) is 7.93. The quantitative estimate of drug-likeness (QED) is 0.184. The average Bonchev–Trinajstić information content (AvgIpc) is 3.83. The molecule has 3 aromatic carbocycles. The van der Waals surface area contributed by atoms with Crippen molar-refractivity contribution in [3.63, 3.8) is 0 Å². The van der Waals surface area contributed by atoms with Crippen molar-refractivity contribution in [1.82, 2.24) is 9.47 Å². The van der Waals surface area contributed by atoms with Gasteiger partial charge in [-0.25, -0.2) is 0 Å². The van der Waals surface area contributed by atoms with Crippen LogP contribution in [0.3, 0.4) is 0 Å². The van der Waals surface area contributed by atoms with Crippen molar-refractivity contribution in [1.29, 1.82) is 0 Å². The summed E-state index contributed by atoms with van der Waals surface area (Å²) in [6, 6.07) is 27.7. The first kappa shape index (κ1) is 35.5. The lowest BCUT2D eigenvalue weighted by atomic mass is 9.99. The Morgan fingerprint density at radius 1 is 0.940 bits per heavy atom. The Kier molecular flexibility index (Phi) is 12.4. The molecule has 3 aliphatic rings. The molecule has 3 aliphatic heterocycles. The molecule has 1 N–H and O–H groups in total. The normalized spacial score (nSPS) is 16.2. The molecule has 4 heterocycles. The summed E-state index contributed by atoms with van der Waals surface area (Å²) in [4.78, 5) is 18.5. The lowest BCUT2D eigenvalue weighted by Crippen LogP contribution is -2.36. The molecule has 1 amide bonds. The number of nitrogens with zero attached hydrogens (tertiary/aromatic N) is 3. The molecule has 8 heteroatoms. The van der Waals surface area contributed by atoms with E-state index in [9.17, 15) is 4.79 Å². The number of hydrogen-bond acceptors (Lipinski definition) is 6. The van der Waals surface area contributed by atoms with Crippen LogP contribution >= 0.6 is 0 Å². The van der Waals surface area contributed by atoms with Crippen LogP contribution in [0, 0.1) is 0 Å². The van der Waals surface area contributed by atoms with Gasteiger partial charge >= 0.3 is 0 Å². The summed E-state index contributed by atoms with van der Waals surface area (Å²) in [7, 11) is 4.26. The van der Waals surface area contributed by atoms with E-state index in [1.54, 1.807) is 0 Å². The molecule has 0 spiro atoms. The molecule has 0 radical (unpaired) electrons. The fourth-order valence-electron chi connectivity index (χ4n) is 6.91. The van der Waals surface area contributed by atoms with Gasteiger partial charge in [-0.1, -0.05) is 36.4 Å². The highest BCUT2D eigenvalue weighted by Gasteiger charge is 2.22. The first-order chi connectivity index (χ1) is 24.5. The van der Waals surface area contributed by atoms with E-state index in [1.807, 2.05) is 37.3 Å². The van der Waals surface area contributed by atoms with Gasteiger partial charge in [0.2, 0.25) is 0 Å². The maximum Gasteiger partial charge on any atom is 0.251 e. The third-order valence-corrected chi connectivity index (χ3v) is 9.83. The van der Waals surface area contributed by atoms with Gasteiger partial charge in [-0.2, -0.15) is 0 Å². The first-order valence-electron chi connectivity index (χ1n) is 18.2. The molecule has 0 bridgehead atoms. The maximum atomic E-state index is 13.7. The molecule has 4 aromatic rings. The SMILES string of the molecule is C1CCOC1.CCOc1ccccc1-c1ccc2c(c1)C=C(C(=O)Nc1ccc(CN(C)C3CCOCC3)cc1)CCN2Cc1cccn1C. The largest absolute Gasteiger partial charge is 0.493 e. The van der Waals surface area contributed by atoms with E-state index in [4.69, 9.17) is 14.2 Å². The third kappa shape index (κ3) is 9.24. The summed E-state index contributed by atoms with van der Waals surface area (Å²) >= 11 is 0. The van der Waals surface area contributed by atoms with Gasteiger partial charge in [0, 0.05) is 87.0 Å². The Labute approximate surface area is 297 Å². The summed E-state index contributed by atoms with van der Waals surface area (Å²) in [5.74, 6) is 0.799. The number of carbonyl (C=O) groups is 1. The Bertz CT molecular complexity index is 1710. The fraction of sp³-hybridized carbons (Fsp3) is 0.405. The van der Waals surface area contributed by atoms with Crippen molar-refractivity contribution >= 4 is 23.4 Å². The summed E-state index contributed by atoms with van der Waals surface area (Å²) in [5.41, 5.74) is 8.30. The van der Waals surface area contributed by atoms with E-state index in [-0.39, 0.29) is 5.91 Å². The Hall–Kier alpha value is -4.37. The molecule has 8 nitrogen and oxygen atoms in total. The second-order valence-corrected chi connectivity index (χ2v) is 13.4. The van der Waals surface area contributed by atoms with E-state index < -0.39 is 0 Å². The van der Waals surface area contributed by atoms with Gasteiger partial charge in [-0.15, -0.1) is 0 Å². The van der Waals surface area contributed by atoms with Gasteiger partial charge in [0.15, 0.2) is 0 Å². The molecule has 0 atom stereocenters. The van der Waals surface area contributed by atoms with Crippen LogP contribution in [0.15, 0.2) is 90.6 Å². The number of carbonyl (C=O) groups excluding carboxylic acids is 1. The van der Waals surface area contributed by atoms with Crippen molar-refractivity contribution in [2.24, 2.45) is 7.05 Å². The third-order valence-electron chi connectivity index (χ3n) is 9.83. The van der Waals surface area contributed by atoms with Crippen LogP contribution in [-0.2, 0) is 34.4 Å². The number of rotatable bonds is 10. The zero-order chi connectivity index (χ0) is 34.7. The van der Waals surface area contributed by atoms with Gasteiger partial charge in [-0.3, -0.25) is 9.69 Å². The molecule has 2 saturated heterocycles. The molecule has 0 saturated carbocycles. The van der Waals surface area contributed by atoms with E-state index in [0.717, 1.165) is 98.3 Å². The van der Waals surface area contributed by atoms with Crippen LogP contribution in [0.2, 0.25) is 0 Å². The number of fused-ring (bicyclic) bond motifs is 1. The summed E-state index contributed by atoms with van der Waals surface area (Å²) < 4.78 is 18.6. The number of para-hydroxylation sites is 1.